The molecule has 0 atom stereocenters. The van der Waals surface area contributed by atoms with Gasteiger partial charge in [0.25, 0.3) is 0 Å². The van der Waals surface area contributed by atoms with E-state index in [0.717, 1.165) is 5.56 Å². The average Bonchev–Trinajstić information content (AvgIpc) is 1.96. The van der Waals surface area contributed by atoms with E-state index in [9.17, 15) is 9.90 Å². The van der Waals surface area contributed by atoms with Crippen molar-refractivity contribution in [3.63, 3.8) is 0 Å². The zero-order chi connectivity index (χ0) is 9.30. The minimum Gasteiger partial charge on any atom is -0.507 e. The summed E-state index contributed by atoms with van der Waals surface area (Å²) >= 11 is 0. The number of aromatic carboxylic acids is 1. The Morgan fingerprint density at radius 1 is 1.21 bits per heavy atom. The Hall–Kier alpha value is -0.471. The Labute approximate surface area is 103 Å². The van der Waals surface area contributed by atoms with E-state index in [1.54, 1.807) is 19.9 Å². The molecule has 14 heavy (non-hydrogen) atoms. The molecule has 80 valence electrons. The number of hydrogen-bond acceptors (Lipinski definition) is 2. The summed E-state index contributed by atoms with van der Waals surface area (Å²) in [7, 11) is 0. The van der Waals surface area contributed by atoms with Crippen LogP contribution in [0.5, 0.6) is 5.75 Å². The molecule has 0 saturated carbocycles. The summed E-state index contributed by atoms with van der Waals surface area (Å²) in [5.41, 5.74) is 1.39. The summed E-state index contributed by atoms with van der Waals surface area (Å²) < 4.78 is 0. The van der Waals surface area contributed by atoms with Crippen molar-refractivity contribution in [1.82, 2.24) is 0 Å². The van der Waals surface area contributed by atoms with Crippen LogP contribution in [0.1, 0.15) is 21.5 Å². The monoisotopic (exact) mass is 278 g/mol. The molecule has 0 saturated heterocycles. The number of carbonyl (C=O) groups is 1. The first kappa shape index (κ1) is 16.0. The normalized spacial score (nSPS) is 8.43. The van der Waals surface area contributed by atoms with Crippen molar-refractivity contribution in [2.24, 2.45) is 0 Å². The van der Waals surface area contributed by atoms with Gasteiger partial charge in [-0.15, -0.1) is 0 Å². The fourth-order valence-corrected chi connectivity index (χ4v) is 1.12. The first-order valence-electron chi connectivity index (χ1n) is 3.56. The van der Waals surface area contributed by atoms with Crippen LogP contribution in [-0.2, 0) is 34.1 Å². The molecule has 0 aliphatic heterocycles. The molecule has 1 rings (SSSR count). The Balaban J connectivity index is 0. The van der Waals surface area contributed by atoms with Gasteiger partial charge in [0.2, 0.25) is 0 Å². The molecule has 0 bridgehead atoms. The van der Waals surface area contributed by atoms with Crippen molar-refractivity contribution < 1.29 is 49.1 Å². The van der Waals surface area contributed by atoms with Gasteiger partial charge >= 0.3 is 5.97 Å². The molecule has 0 heterocycles. The third kappa shape index (κ3) is 3.35. The Morgan fingerprint density at radius 2 is 1.71 bits per heavy atom. The molecule has 0 spiro atoms. The molecule has 2 N–H and O–H groups in total. The molecule has 1 aromatic rings. The minimum atomic E-state index is -1.10. The number of carboxylic acid groups (broad SMARTS) is 1. The van der Waals surface area contributed by atoms with Crippen LogP contribution >= 0.6 is 0 Å². The molecular formula is C9H10Fe2O3. The first-order chi connectivity index (χ1) is 5.52. The summed E-state index contributed by atoms with van der Waals surface area (Å²) in [6.07, 6.45) is 0. The summed E-state index contributed by atoms with van der Waals surface area (Å²) in [5.74, 6) is -1.24. The van der Waals surface area contributed by atoms with Gasteiger partial charge in [0.1, 0.15) is 11.3 Å². The van der Waals surface area contributed by atoms with E-state index in [0.29, 0.717) is 5.56 Å². The van der Waals surface area contributed by atoms with E-state index in [1.165, 1.54) is 6.07 Å². The topological polar surface area (TPSA) is 57.5 Å². The Bertz CT molecular complexity index is 337. The predicted molar refractivity (Wildman–Crippen MR) is 44.5 cm³/mol. The van der Waals surface area contributed by atoms with E-state index >= 15 is 0 Å². The van der Waals surface area contributed by atoms with Crippen molar-refractivity contribution in [1.29, 1.82) is 0 Å². The molecule has 0 unspecified atom stereocenters. The van der Waals surface area contributed by atoms with Crippen LogP contribution < -0.4 is 0 Å². The van der Waals surface area contributed by atoms with Crippen molar-refractivity contribution >= 4 is 5.97 Å². The predicted octanol–water partition coefficient (Wildman–Crippen LogP) is 1.70. The van der Waals surface area contributed by atoms with E-state index in [1.807, 2.05) is 0 Å². The number of rotatable bonds is 1. The van der Waals surface area contributed by atoms with Crippen LogP contribution in [-0.4, -0.2) is 16.2 Å². The maximum atomic E-state index is 10.6. The van der Waals surface area contributed by atoms with Crippen LogP contribution in [0, 0.1) is 13.8 Å². The summed E-state index contributed by atoms with van der Waals surface area (Å²) in [5, 5.41) is 18.0. The molecule has 5 heteroatoms. The summed E-state index contributed by atoms with van der Waals surface area (Å²) in [6.45, 7) is 3.47. The largest absolute Gasteiger partial charge is 0.507 e. The van der Waals surface area contributed by atoms with Crippen LogP contribution in [0.2, 0.25) is 0 Å². The van der Waals surface area contributed by atoms with Gasteiger partial charge in [0.15, 0.2) is 0 Å². The maximum absolute atomic E-state index is 10.6. The van der Waals surface area contributed by atoms with Crippen molar-refractivity contribution in [3.8, 4) is 5.75 Å². The SMILES string of the molecule is Cc1cc(C)c(O)c(C(=O)O)c1.[Fe].[Fe]. The van der Waals surface area contributed by atoms with E-state index in [4.69, 9.17) is 5.11 Å². The minimum absolute atomic E-state index is 0. The van der Waals surface area contributed by atoms with Crippen molar-refractivity contribution in [2.45, 2.75) is 13.8 Å². The molecule has 1 aromatic carbocycles. The number of benzene rings is 1. The number of hydrogen-bond donors (Lipinski definition) is 2. The van der Waals surface area contributed by atoms with Gasteiger partial charge in [0, 0.05) is 34.1 Å². The molecule has 0 amide bonds. The van der Waals surface area contributed by atoms with Gasteiger partial charge in [0.05, 0.1) is 0 Å². The number of aromatic hydroxyl groups is 1. The third-order valence-electron chi connectivity index (χ3n) is 1.68. The Morgan fingerprint density at radius 3 is 2.14 bits per heavy atom. The van der Waals surface area contributed by atoms with E-state index < -0.39 is 5.97 Å². The van der Waals surface area contributed by atoms with E-state index in [2.05, 4.69) is 0 Å². The van der Waals surface area contributed by atoms with Crippen LogP contribution in [0.15, 0.2) is 12.1 Å². The molecule has 0 fully saturated rings. The van der Waals surface area contributed by atoms with E-state index in [-0.39, 0.29) is 45.5 Å². The molecular weight excluding hydrogens is 268 g/mol. The zero-order valence-electron chi connectivity index (χ0n) is 7.66. The maximum Gasteiger partial charge on any atom is 0.339 e. The van der Waals surface area contributed by atoms with Gasteiger partial charge in [-0.05, 0) is 31.0 Å². The third-order valence-corrected chi connectivity index (χ3v) is 1.68. The van der Waals surface area contributed by atoms with Gasteiger partial charge in [-0.1, -0.05) is 6.07 Å². The number of aryl methyl sites for hydroxylation is 2. The standard InChI is InChI=1S/C9H10O3.2Fe/c1-5-3-6(2)8(10)7(4-5)9(11)12;;/h3-4,10H,1-2H3,(H,11,12);;. The molecule has 0 aliphatic carbocycles. The van der Waals surface area contributed by atoms with Crippen LogP contribution in [0.25, 0.3) is 0 Å². The van der Waals surface area contributed by atoms with Gasteiger partial charge in [-0.3, -0.25) is 0 Å². The summed E-state index contributed by atoms with van der Waals surface area (Å²) in [4.78, 5) is 10.6. The molecule has 3 nitrogen and oxygen atoms in total. The molecule has 0 aliphatic rings. The second-order valence-electron chi connectivity index (χ2n) is 2.78. The van der Waals surface area contributed by atoms with Crippen molar-refractivity contribution in [3.05, 3.63) is 28.8 Å². The fraction of sp³-hybridized carbons (Fsp3) is 0.222. The smallest absolute Gasteiger partial charge is 0.339 e. The van der Waals surface area contributed by atoms with Gasteiger partial charge < -0.3 is 10.2 Å². The average molecular weight is 278 g/mol. The second-order valence-corrected chi connectivity index (χ2v) is 2.78. The van der Waals surface area contributed by atoms with Crippen molar-refractivity contribution in [2.75, 3.05) is 0 Å². The van der Waals surface area contributed by atoms with Gasteiger partial charge in [-0.25, -0.2) is 4.79 Å². The Kier molecular flexibility index (Phi) is 6.96. The first-order valence-corrected chi connectivity index (χ1v) is 3.56. The van der Waals surface area contributed by atoms with Crippen LogP contribution in [0.4, 0.5) is 0 Å². The number of carboxylic acids is 1. The molecule has 0 radical (unpaired) electrons. The summed E-state index contributed by atoms with van der Waals surface area (Å²) in [6, 6.07) is 3.19. The zero-order valence-corrected chi connectivity index (χ0v) is 9.87. The second kappa shape index (κ2) is 6.10. The molecule has 0 aromatic heterocycles. The van der Waals surface area contributed by atoms with Crippen LogP contribution in [0.3, 0.4) is 0 Å². The van der Waals surface area contributed by atoms with Gasteiger partial charge in [-0.2, -0.15) is 0 Å². The quantitative estimate of drug-likeness (QED) is 0.769. The number of phenols is 1. The fourth-order valence-electron chi connectivity index (χ4n) is 1.12.